The molecule has 1 atom stereocenters. The summed E-state index contributed by atoms with van der Waals surface area (Å²) in [6, 6.07) is -3.11. The van der Waals surface area contributed by atoms with Gasteiger partial charge in [-0.3, -0.25) is 4.79 Å². The van der Waals surface area contributed by atoms with E-state index >= 15 is 0 Å². The number of rotatable bonds is 5. The zero-order valence-corrected chi connectivity index (χ0v) is 9.40. The Morgan fingerprint density at radius 3 is 3.00 bits per heavy atom. The molecule has 0 aromatic heterocycles. The van der Waals surface area contributed by atoms with Gasteiger partial charge >= 0.3 is 0 Å². The van der Waals surface area contributed by atoms with Crippen molar-refractivity contribution in [1.29, 1.82) is 0 Å². The van der Waals surface area contributed by atoms with E-state index in [-0.39, 0.29) is 0 Å². The molecule has 1 amide bonds. The number of carbonyl (C=O) groups excluding carboxylic acids is 1. The maximum atomic E-state index is 12.1. The van der Waals surface area contributed by atoms with Gasteiger partial charge in [-0.15, -0.1) is 0 Å². The van der Waals surface area contributed by atoms with Crippen molar-refractivity contribution < 1.29 is 14.4 Å². The first-order valence-electron chi connectivity index (χ1n) is 8.67. The Labute approximate surface area is 107 Å². The van der Waals surface area contributed by atoms with E-state index in [1.54, 1.807) is 6.92 Å². The fourth-order valence-electron chi connectivity index (χ4n) is 1.09. The molecule has 3 heteroatoms. The molecule has 0 saturated heterocycles. The SMILES string of the molecule is [2H]c1c([2H])c([2H])c(C([2H])([2H])[2H])c(NC(=O)C(C)NCCC)c1[2H]. The topological polar surface area (TPSA) is 41.1 Å². The van der Waals surface area contributed by atoms with Gasteiger partial charge < -0.3 is 10.6 Å². The molecule has 0 heterocycles. The molecule has 1 aromatic rings. The molecule has 1 rings (SSSR count). The number of benzene rings is 1. The molecule has 0 saturated carbocycles. The second kappa shape index (κ2) is 6.28. The maximum Gasteiger partial charge on any atom is 0.241 e. The number of hydrogen-bond donors (Lipinski definition) is 2. The average Bonchev–Trinajstić information content (AvgIpc) is 2.46. The summed E-state index contributed by atoms with van der Waals surface area (Å²) >= 11 is 0. The van der Waals surface area contributed by atoms with Crippen molar-refractivity contribution >= 4 is 11.6 Å². The summed E-state index contributed by atoms with van der Waals surface area (Å²) in [5, 5.41) is 5.26. The van der Waals surface area contributed by atoms with Crippen LogP contribution in [0.15, 0.2) is 24.2 Å². The Kier molecular flexibility index (Phi) is 2.29. The molecule has 0 aliphatic heterocycles. The number of hydrogen-bond acceptors (Lipinski definition) is 2. The van der Waals surface area contributed by atoms with Gasteiger partial charge in [0, 0.05) is 9.80 Å². The van der Waals surface area contributed by atoms with E-state index in [9.17, 15) is 4.79 Å². The highest BCUT2D eigenvalue weighted by atomic mass is 16.2. The summed E-state index contributed by atoms with van der Waals surface area (Å²) in [5.41, 5.74) is -0.981. The van der Waals surface area contributed by atoms with Crippen LogP contribution in [0.1, 0.15) is 35.4 Å². The molecule has 0 fully saturated rings. The van der Waals surface area contributed by atoms with Crippen LogP contribution in [-0.4, -0.2) is 18.5 Å². The third kappa shape index (κ3) is 3.66. The lowest BCUT2D eigenvalue weighted by Gasteiger charge is -2.14. The molecule has 88 valence electrons. The van der Waals surface area contributed by atoms with Crippen molar-refractivity contribution in [3.05, 3.63) is 29.7 Å². The molecule has 0 bridgehead atoms. The van der Waals surface area contributed by atoms with Gasteiger partial charge in [0.25, 0.3) is 0 Å². The monoisotopic (exact) mass is 227 g/mol. The van der Waals surface area contributed by atoms with Gasteiger partial charge in [-0.25, -0.2) is 0 Å². The van der Waals surface area contributed by atoms with Crippen molar-refractivity contribution in [2.75, 3.05) is 11.9 Å². The molecule has 1 aromatic carbocycles. The molecule has 3 nitrogen and oxygen atoms in total. The summed E-state index contributed by atoms with van der Waals surface area (Å²) in [5.74, 6) is -0.561. The van der Waals surface area contributed by atoms with Crippen molar-refractivity contribution in [1.82, 2.24) is 5.32 Å². The Morgan fingerprint density at radius 2 is 2.31 bits per heavy atom. The van der Waals surface area contributed by atoms with Crippen molar-refractivity contribution in [3.8, 4) is 0 Å². The van der Waals surface area contributed by atoms with Crippen LogP contribution in [0.3, 0.4) is 0 Å². The Morgan fingerprint density at radius 1 is 1.56 bits per heavy atom. The van der Waals surface area contributed by atoms with Gasteiger partial charge in [0.15, 0.2) is 0 Å². The van der Waals surface area contributed by atoms with Crippen LogP contribution in [0.2, 0.25) is 0 Å². The molecule has 2 N–H and O–H groups in total. The second-order valence-corrected chi connectivity index (χ2v) is 3.42. The zero-order valence-electron chi connectivity index (χ0n) is 16.4. The lowest BCUT2D eigenvalue weighted by Crippen LogP contribution is -2.38. The maximum absolute atomic E-state index is 12.1. The Balaban J connectivity index is 3.32. The van der Waals surface area contributed by atoms with E-state index in [2.05, 4.69) is 10.6 Å². The minimum atomic E-state index is -2.78. The quantitative estimate of drug-likeness (QED) is 0.810. The number of para-hydroxylation sites is 1. The summed E-state index contributed by atoms with van der Waals surface area (Å²) in [6.45, 7) is 1.33. The Bertz CT molecular complexity index is 601. The molecule has 0 radical (unpaired) electrons. The van der Waals surface area contributed by atoms with Gasteiger partial charge in [-0.05, 0) is 38.3 Å². The van der Waals surface area contributed by atoms with Crippen LogP contribution in [0, 0.1) is 6.85 Å². The smallest absolute Gasteiger partial charge is 0.241 e. The molecule has 0 aliphatic rings. The highest BCUT2D eigenvalue weighted by Gasteiger charge is 2.11. The van der Waals surface area contributed by atoms with Crippen molar-refractivity contribution in [3.63, 3.8) is 0 Å². The zero-order chi connectivity index (χ0) is 17.9. The highest BCUT2D eigenvalue weighted by Crippen LogP contribution is 2.13. The normalized spacial score (nSPS) is 19.2. The van der Waals surface area contributed by atoms with E-state index in [0.717, 1.165) is 6.42 Å². The third-order valence-corrected chi connectivity index (χ3v) is 2.03. The van der Waals surface area contributed by atoms with Gasteiger partial charge in [0.1, 0.15) is 0 Å². The Hall–Kier alpha value is -1.35. The fourth-order valence-corrected chi connectivity index (χ4v) is 1.09. The standard InChI is InChI=1S/C13H20N2O/c1-4-9-14-11(3)13(16)15-12-8-6-5-7-10(12)2/h5-8,11,14H,4,9H2,1-3H3,(H,15,16)/i2D3,5D,6D,7D,8D. The van der Waals surface area contributed by atoms with Crippen LogP contribution in [0.5, 0.6) is 0 Å². The van der Waals surface area contributed by atoms with Crippen molar-refractivity contribution in [2.45, 2.75) is 33.2 Å². The molecule has 1 unspecified atom stereocenters. The third-order valence-electron chi connectivity index (χ3n) is 2.03. The van der Waals surface area contributed by atoms with Crippen LogP contribution in [-0.2, 0) is 4.79 Å². The summed E-state index contributed by atoms with van der Waals surface area (Å²) in [4.78, 5) is 12.1. The summed E-state index contributed by atoms with van der Waals surface area (Å²) in [7, 11) is 0. The minimum absolute atomic E-state index is 0.397. The predicted octanol–water partition coefficient (Wildman–Crippen LogP) is 2.32. The molecule has 0 aliphatic carbocycles. The average molecular weight is 227 g/mol. The number of nitrogens with one attached hydrogen (secondary N) is 2. The first-order chi connectivity index (χ1) is 10.5. The minimum Gasteiger partial charge on any atom is -0.324 e. The second-order valence-electron chi connectivity index (χ2n) is 3.42. The van der Waals surface area contributed by atoms with Crippen LogP contribution in [0.4, 0.5) is 5.69 Å². The largest absolute Gasteiger partial charge is 0.324 e. The van der Waals surface area contributed by atoms with Gasteiger partial charge in [0.05, 0.1) is 11.5 Å². The van der Waals surface area contributed by atoms with Crippen LogP contribution < -0.4 is 10.6 Å². The van der Waals surface area contributed by atoms with Gasteiger partial charge in [-0.2, -0.15) is 0 Å². The van der Waals surface area contributed by atoms with Crippen molar-refractivity contribution in [2.24, 2.45) is 0 Å². The summed E-state index contributed by atoms with van der Waals surface area (Å²) < 4.78 is 53.4. The van der Waals surface area contributed by atoms with E-state index in [0.29, 0.717) is 6.54 Å². The van der Waals surface area contributed by atoms with Gasteiger partial charge in [0.2, 0.25) is 5.91 Å². The first-order valence-corrected chi connectivity index (χ1v) is 5.17. The van der Waals surface area contributed by atoms with E-state index in [1.807, 2.05) is 6.92 Å². The highest BCUT2D eigenvalue weighted by molar-refractivity contribution is 5.95. The number of amides is 1. The molecule has 16 heavy (non-hydrogen) atoms. The van der Waals surface area contributed by atoms with E-state index in [4.69, 9.17) is 9.60 Å². The van der Waals surface area contributed by atoms with Crippen LogP contribution in [0.25, 0.3) is 0 Å². The molecule has 0 spiro atoms. The lowest BCUT2D eigenvalue weighted by molar-refractivity contribution is -0.117. The van der Waals surface area contributed by atoms with E-state index < -0.39 is 54.2 Å². The molecular formula is C13H20N2O. The van der Waals surface area contributed by atoms with E-state index in [1.165, 1.54) is 0 Å². The lowest BCUT2D eigenvalue weighted by atomic mass is 10.2. The van der Waals surface area contributed by atoms with Crippen LogP contribution >= 0.6 is 0 Å². The summed E-state index contributed by atoms with van der Waals surface area (Å²) in [6.07, 6.45) is 0.809. The van der Waals surface area contributed by atoms with Gasteiger partial charge in [-0.1, -0.05) is 25.1 Å². The number of carbonyl (C=O) groups is 1. The number of anilines is 1. The predicted molar refractivity (Wildman–Crippen MR) is 67.6 cm³/mol. The fraction of sp³-hybridized carbons (Fsp3) is 0.462. The first kappa shape index (κ1) is 5.82. The molecular weight excluding hydrogens is 200 g/mol.